The molecule has 0 spiro atoms. The molecule has 0 aliphatic rings. The Bertz CT molecular complexity index is 496. The number of hydrogen-bond donors (Lipinski definition) is 2. The standard InChI is InChI=1S/C17H25NO4/c1-12(2)13-4-6-14(7-5-13)17(22)15(10-16(20)21)11-18(3)8-9-19/h4-7,12,15,19H,8-11H2,1-3H3,(H,20,21). The molecule has 0 aliphatic carbocycles. The zero-order valence-corrected chi connectivity index (χ0v) is 13.5. The molecule has 0 amide bonds. The lowest BCUT2D eigenvalue weighted by atomic mass is 9.92. The molecular weight excluding hydrogens is 282 g/mol. The fourth-order valence-corrected chi connectivity index (χ4v) is 2.36. The van der Waals surface area contributed by atoms with Crippen molar-refractivity contribution in [3.63, 3.8) is 0 Å². The van der Waals surface area contributed by atoms with Gasteiger partial charge in [-0.25, -0.2) is 0 Å². The van der Waals surface area contributed by atoms with Gasteiger partial charge in [0.15, 0.2) is 5.78 Å². The highest BCUT2D eigenvalue weighted by atomic mass is 16.4. The minimum Gasteiger partial charge on any atom is -0.481 e. The van der Waals surface area contributed by atoms with Crippen molar-refractivity contribution in [3.8, 4) is 0 Å². The van der Waals surface area contributed by atoms with Crippen molar-refractivity contribution in [1.29, 1.82) is 0 Å². The number of benzene rings is 1. The van der Waals surface area contributed by atoms with E-state index in [0.717, 1.165) is 5.56 Å². The largest absolute Gasteiger partial charge is 0.481 e. The van der Waals surface area contributed by atoms with Gasteiger partial charge in [0.1, 0.15) is 0 Å². The molecule has 5 heteroatoms. The minimum atomic E-state index is -0.991. The lowest BCUT2D eigenvalue weighted by Crippen LogP contribution is -2.33. The monoisotopic (exact) mass is 307 g/mol. The fourth-order valence-electron chi connectivity index (χ4n) is 2.36. The number of carbonyl (C=O) groups excluding carboxylic acids is 1. The quantitative estimate of drug-likeness (QED) is 0.682. The van der Waals surface area contributed by atoms with Gasteiger partial charge in [-0.1, -0.05) is 38.1 Å². The summed E-state index contributed by atoms with van der Waals surface area (Å²) in [6, 6.07) is 7.34. The van der Waals surface area contributed by atoms with Gasteiger partial charge in [0.2, 0.25) is 0 Å². The van der Waals surface area contributed by atoms with Gasteiger partial charge in [0.05, 0.1) is 13.0 Å². The molecule has 0 saturated carbocycles. The van der Waals surface area contributed by atoms with Crippen LogP contribution in [0.3, 0.4) is 0 Å². The Morgan fingerprint density at radius 3 is 2.23 bits per heavy atom. The van der Waals surface area contributed by atoms with Crippen molar-refractivity contribution < 1.29 is 19.8 Å². The Labute approximate surface area is 131 Å². The summed E-state index contributed by atoms with van der Waals surface area (Å²) in [5, 5.41) is 17.9. The molecule has 1 rings (SSSR count). The summed E-state index contributed by atoms with van der Waals surface area (Å²) in [4.78, 5) is 25.3. The van der Waals surface area contributed by atoms with Crippen LogP contribution < -0.4 is 0 Å². The van der Waals surface area contributed by atoms with Crippen LogP contribution in [0.25, 0.3) is 0 Å². The topological polar surface area (TPSA) is 77.8 Å². The van der Waals surface area contributed by atoms with Gasteiger partial charge in [0, 0.05) is 24.6 Å². The third-order valence-electron chi connectivity index (χ3n) is 3.67. The number of ketones is 1. The number of aliphatic hydroxyl groups is 1. The molecule has 2 N–H and O–H groups in total. The zero-order chi connectivity index (χ0) is 16.7. The lowest BCUT2D eigenvalue weighted by molar-refractivity contribution is -0.137. The molecule has 1 atom stereocenters. The summed E-state index contributed by atoms with van der Waals surface area (Å²) in [6.07, 6.45) is -0.208. The van der Waals surface area contributed by atoms with E-state index >= 15 is 0 Å². The number of carbonyl (C=O) groups is 2. The van der Waals surface area contributed by atoms with Gasteiger partial charge >= 0.3 is 5.97 Å². The SMILES string of the molecule is CC(C)c1ccc(C(=O)C(CC(=O)O)CN(C)CCO)cc1. The first kappa shape index (κ1) is 18.3. The first-order valence-electron chi connectivity index (χ1n) is 7.50. The first-order valence-corrected chi connectivity index (χ1v) is 7.50. The van der Waals surface area contributed by atoms with Crippen molar-refractivity contribution in [2.24, 2.45) is 5.92 Å². The number of Topliss-reactive ketones (excluding diaryl/α,β-unsaturated/α-hetero) is 1. The Balaban J connectivity index is 2.87. The molecular formula is C17H25NO4. The van der Waals surface area contributed by atoms with E-state index in [2.05, 4.69) is 13.8 Å². The van der Waals surface area contributed by atoms with Gasteiger partial charge < -0.3 is 15.1 Å². The Hall–Kier alpha value is -1.72. The van der Waals surface area contributed by atoms with Crippen LogP contribution in [0.1, 0.15) is 42.1 Å². The number of aliphatic hydroxyl groups excluding tert-OH is 1. The zero-order valence-electron chi connectivity index (χ0n) is 13.5. The average molecular weight is 307 g/mol. The summed E-state index contributed by atoms with van der Waals surface area (Å²) in [7, 11) is 1.76. The molecule has 1 unspecified atom stereocenters. The van der Waals surface area contributed by atoms with Gasteiger partial charge in [-0.2, -0.15) is 0 Å². The van der Waals surface area contributed by atoms with Crippen LogP contribution in [0.5, 0.6) is 0 Å². The van der Waals surface area contributed by atoms with E-state index in [1.54, 1.807) is 24.1 Å². The van der Waals surface area contributed by atoms with Crippen LogP contribution in [0.4, 0.5) is 0 Å². The van der Waals surface area contributed by atoms with Crippen LogP contribution in [-0.4, -0.2) is 53.6 Å². The second-order valence-electron chi connectivity index (χ2n) is 5.92. The summed E-state index contributed by atoms with van der Waals surface area (Å²) in [5.74, 6) is -1.38. The highest BCUT2D eigenvalue weighted by Gasteiger charge is 2.24. The van der Waals surface area contributed by atoms with Crippen LogP contribution >= 0.6 is 0 Å². The Kier molecular flexibility index (Phi) is 7.21. The molecule has 0 aromatic heterocycles. The number of hydrogen-bond acceptors (Lipinski definition) is 4. The molecule has 22 heavy (non-hydrogen) atoms. The number of carboxylic acids is 1. The number of carboxylic acid groups (broad SMARTS) is 1. The molecule has 0 saturated heterocycles. The van der Waals surface area contributed by atoms with Crippen molar-refractivity contribution in [2.75, 3.05) is 26.7 Å². The van der Waals surface area contributed by atoms with E-state index in [9.17, 15) is 9.59 Å². The van der Waals surface area contributed by atoms with E-state index in [1.807, 2.05) is 12.1 Å². The number of aliphatic carboxylic acids is 1. The maximum Gasteiger partial charge on any atom is 0.304 e. The third kappa shape index (κ3) is 5.58. The van der Waals surface area contributed by atoms with Gasteiger partial charge in [0.25, 0.3) is 0 Å². The molecule has 0 bridgehead atoms. The Morgan fingerprint density at radius 2 is 1.77 bits per heavy atom. The highest BCUT2D eigenvalue weighted by Crippen LogP contribution is 2.18. The molecule has 5 nitrogen and oxygen atoms in total. The molecule has 122 valence electrons. The summed E-state index contributed by atoms with van der Waals surface area (Å²) >= 11 is 0. The molecule has 0 heterocycles. The second kappa shape index (κ2) is 8.66. The molecule has 1 aromatic carbocycles. The van der Waals surface area contributed by atoms with Crippen LogP contribution in [-0.2, 0) is 4.79 Å². The van der Waals surface area contributed by atoms with E-state index in [0.29, 0.717) is 24.6 Å². The normalized spacial score (nSPS) is 12.6. The smallest absolute Gasteiger partial charge is 0.304 e. The van der Waals surface area contributed by atoms with Crippen LogP contribution in [0.2, 0.25) is 0 Å². The molecule has 1 aromatic rings. The van der Waals surface area contributed by atoms with Gasteiger partial charge in [-0.15, -0.1) is 0 Å². The number of rotatable bonds is 9. The fraction of sp³-hybridized carbons (Fsp3) is 0.529. The number of nitrogens with zero attached hydrogens (tertiary/aromatic N) is 1. The lowest BCUT2D eigenvalue weighted by Gasteiger charge is -2.21. The van der Waals surface area contributed by atoms with Crippen molar-refractivity contribution in [2.45, 2.75) is 26.2 Å². The number of likely N-dealkylation sites (N-methyl/N-ethyl adjacent to an activating group) is 1. The van der Waals surface area contributed by atoms with E-state index in [-0.39, 0.29) is 18.8 Å². The van der Waals surface area contributed by atoms with E-state index in [4.69, 9.17) is 10.2 Å². The van der Waals surface area contributed by atoms with Crippen molar-refractivity contribution in [1.82, 2.24) is 4.90 Å². The van der Waals surface area contributed by atoms with Gasteiger partial charge in [-0.05, 0) is 18.5 Å². The second-order valence-corrected chi connectivity index (χ2v) is 5.92. The maximum absolute atomic E-state index is 12.5. The first-order chi connectivity index (χ1) is 10.3. The molecule has 0 aliphatic heterocycles. The van der Waals surface area contributed by atoms with Crippen molar-refractivity contribution in [3.05, 3.63) is 35.4 Å². The van der Waals surface area contributed by atoms with E-state index < -0.39 is 11.9 Å². The summed E-state index contributed by atoms with van der Waals surface area (Å²) < 4.78 is 0. The predicted octanol–water partition coefficient (Wildman–Crippen LogP) is 2.01. The maximum atomic E-state index is 12.5. The minimum absolute atomic E-state index is 0.0203. The summed E-state index contributed by atoms with van der Waals surface area (Å²) in [6.45, 7) is 4.86. The predicted molar refractivity (Wildman–Crippen MR) is 85.2 cm³/mol. The molecule has 0 fully saturated rings. The van der Waals surface area contributed by atoms with Crippen LogP contribution in [0.15, 0.2) is 24.3 Å². The summed E-state index contributed by atoms with van der Waals surface area (Å²) in [5.41, 5.74) is 1.68. The van der Waals surface area contributed by atoms with Crippen LogP contribution in [0, 0.1) is 5.92 Å². The molecule has 0 radical (unpaired) electrons. The Morgan fingerprint density at radius 1 is 1.18 bits per heavy atom. The third-order valence-corrected chi connectivity index (χ3v) is 3.67. The average Bonchev–Trinajstić information content (AvgIpc) is 2.45. The highest BCUT2D eigenvalue weighted by molar-refractivity contribution is 5.99. The van der Waals surface area contributed by atoms with E-state index in [1.165, 1.54) is 0 Å². The van der Waals surface area contributed by atoms with Crippen molar-refractivity contribution >= 4 is 11.8 Å². The van der Waals surface area contributed by atoms with Gasteiger partial charge in [-0.3, -0.25) is 9.59 Å².